The van der Waals surface area contributed by atoms with E-state index in [2.05, 4.69) is 79.9 Å². The number of aliphatic hydroxyl groups excluding tert-OH is 12. The molecule has 4 rings (SSSR count). The molecule has 0 aromatic rings. The second kappa shape index (κ2) is 49.9. The van der Waals surface area contributed by atoms with Crippen molar-refractivity contribution in [2.45, 2.75) is 214 Å². The summed E-state index contributed by atoms with van der Waals surface area (Å²) < 4.78 is 25.3. The number of amides is 1. The van der Waals surface area contributed by atoms with E-state index in [1.165, 1.54) is 24.0 Å². The molecule has 28 nitrogen and oxygen atoms in total. The number of allylic oxidation sites excluding steroid dienone is 10. The van der Waals surface area contributed by atoms with Crippen LogP contribution in [-0.2, 0) is 33.3 Å². The van der Waals surface area contributed by atoms with Gasteiger partial charge in [0.05, 0.1) is 82.5 Å². The summed E-state index contributed by atoms with van der Waals surface area (Å²) in [6, 6.07) is -2.01. The number of nitrogens with zero attached hydrogens (tertiary/aromatic N) is 4. The molecule has 0 aromatic carbocycles. The number of unbranched alkanes of at least 4 members (excludes halogenated alkanes) is 2. The van der Waals surface area contributed by atoms with Crippen LogP contribution >= 0.6 is 21.6 Å². The molecule has 4 heterocycles. The van der Waals surface area contributed by atoms with Crippen molar-refractivity contribution in [1.29, 1.82) is 10.8 Å². The van der Waals surface area contributed by atoms with Crippen LogP contribution in [0.5, 0.6) is 0 Å². The van der Waals surface area contributed by atoms with Crippen LogP contribution in [0, 0.1) is 10.8 Å². The van der Waals surface area contributed by atoms with E-state index < -0.39 is 98.2 Å². The highest BCUT2D eigenvalue weighted by Gasteiger charge is 2.43. The van der Waals surface area contributed by atoms with E-state index in [9.17, 15) is 80.5 Å². The second-order valence-corrected chi connectivity index (χ2v) is 27.1. The van der Waals surface area contributed by atoms with Gasteiger partial charge in [0.25, 0.3) is 0 Å². The van der Waals surface area contributed by atoms with Gasteiger partial charge in [-0.15, -0.1) is 0 Å². The molecule has 7 unspecified atom stereocenters. The number of piperidine rings is 3. The summed E-state index contributed by atoms with van der Waals surface area (Å²) in [5, 5.41) is 134. The van der Waals surface area contributed by atoms with Gasteiger partial charge in [-0.05, 0) is 90.4 Å². The van der Waals surface area contributed by atoms with E-state index >= 15 is 0 Å². The predicted octanol–water partition coefficient (Wildman–Crippen LogP) is 2.65. The van der Waals surface area contributed by atoms with Gasteiger partial charge in [-0.1, -0.05) is 95.7 Å². The molecule has 0 saturated carbocycles. The maximum atomic E-state index is 11.9. The average Bonchev–Trinajstić information content (AvgIpc) is 1.47. The van der Waals surface area contributed by atoms with E-state index in [-0.39, 0.29) is 95.7 Å². The number of rotatable bonds is 37. The SMILES string of the molecule is CC(OC(=O)NC(=N)CC(=N)N(C)C)OC(=O)OCCCN1CC(O)[C@@H](O)[C@H](O)C1CO.CC/C=C\C/C=C\C/C=C\C/C=C\C/C=C\CCCC(=O)OCCCN1CC(O)[C@@H](O)[C@H](O)C1CO.C[C@@]1(CCCCC(=O)OCCCN2CC(O)[C@@H](O)[C@H](O)C2CO)CCSS1. The fourth-order valence-corrected chi connectivity index (χ4v) is 13.7. The minimum atomic E-state index is -1.35. The third-order valence-corrected chi connectivity index (χ3v) is 19.4. The molecule has 14 atom stereocenters. The fourth-order valence-electron chi connectivity index (χ4n) is 10.4. The van der Waals surface area contributed by atoms with Gasteiger partial charge >= 0.3 is 24.2 Å². The van der Waals surface area contributed by atoms with Crippen molar-refractivity contribution in [3.8, 4) is 0 Å². The first kappa shape index (κ1) is 86.5. The first-order chi connectivity index (χ1) is 45.3. The highest BCUT2D eigenvalue weighted by atomic mass is 33.1. The Morgan fingerprint density at radius 1 is 0.579 bits per heavy atom. The molecule has 0 aliphatic carbocycles. The molecule has 0 radical (unpaired) electrons. The Bertz CT molecular complexity index is 2340. The van der Waals surface area contributed by atoms with E-state index in [4.69, 9.17) is 34.5 Å². The van der Waals surface area contributed by atoms with Crippen LogP contribution < -0.4 is 5.32 Å². The van der Waals surface area contributed by atoms with Gasteiger partial charge in [-0.3, -0.25) is 40.4 Å². The molecule has 30 heteroatoms. The summed E-state index contributed by atoms with van der Waals surface area (Å²) in [4.78, 5) is 53.6. The lowest BCUT2D eigenvalue weighted by molar-refractivity contribution is -0.149. The minimum absolute atomic E-state index is 0.0386. The molecule has 0 aromatic heterocycles. The average molecular weight is 1390 g/mol. The van der Waals surface area contributed by atoms with Crippen molar-refractivity contribution >= 4 is 57.4 Å². The summed E-state index contributed by atoms with van der Waals surface area (Å²) in [7, 11) is 7.15. The number of carbonyl (C=O) groups excluding carboxylic acids is 4. The maximum Gasteiger partial charge on any atom is 0.511 e. The molecular weight excluding hydrogens is 1280 g/mol. The maximum absolute atomic E-state index is 11.9. The third kappa shape index (κ3) is 35.7. The van der Waals surface area contributed by atoms with Gasteiger partial charge in [0.2, 0.25) is 6.29 Å². The lowest BCUT2D eigenvalue weighted by Crippen LogP contribution is -2.62. The largest absolute Gasteiger partial charge is 0.511 e. The lowest BCUT2D eigenvalue weighted by Gasteiger charge is -2.43. The molecule has 4 saturated heterocycles. The van der Waals surface area contributed by atoms with E-state index in [0.717, 1.165) is 64.2 Å². The fraction of sp³-hybridized carbons (Fsp3) is 0.754. The number of aliphatic hydroxyl groups is 12. The van der Waals surface area contributed by atoms with Crippen LogP contribution in [0.2, 0.25) is 0 Å². The third-order valence-electron chi connectivity index (χ3n) is 16.1. The second-order valence-electron chi connectivity index (χ2n) is 24.1. The number of nitrogens with one attached hydrogen (secondary N) is 3. The number of esters is 2. The van der Waals surface area contributed by atoms with Crippen LogP contribution in [-0.4, -0.2) is 300 Å². The Hall–Kier alpha value is -4.58. The Balaban J connectivity index is 0.000000490. The predicted molar refractivity (Wildman–Crippen MR) is 362 cm³/mol. The molecule has 4 aliphatic rings. The zero-order valence-corrected chi connectivity index (χ0v) is 57.8. The Morgan fingerprint density at radius 2 is 0.989 bits per heavy atom. The smallest absolute Gasteiger partial charge is 0.466 e. The van der Waals surface area contributed by atoms with Gasteiger partial charge < -0.3 is 89.9 Å². The van der Waals surface area contributed by atoms with Crippen molar-refractivity contribution in [2.75, 3.05) is 98.8 Å². The number of amidine groups is 2. The number of carbonyl (C=O) groups is 4. The quantitative estimate of drug-likeness (QED) is 0.00621. The van der Waals surface area contributed by atoms with Gasteiger partial charge in [0.15, 0.2) is 0 Å². The number of hydrogen-bond donors (Lipinski definition) is 15. The molecule has 95 heavy (non-hydrogen) atoms. The normalized spacial score (nSPS) is 27.0. The van der Waals surface area contributed by atoms with Crippen molar-refractivity contribution < 1.29 is 104 Å². The summed E-state index contributed by atoms with van der Waals surface area (Å²) >= 11 is 0. The number of likely N-dealkylation sites (tertiary alicyclic amines) is 3. The van der Waals surface area contributed by atoms with E-state index in [0.29, 0.717) is 43.5 Å². The van der Waals surface area contributed by atoms with E-state index in [1.807, 2.05) is 21.6 Å². The summed E-state index contributed by atoms with van der Waals surface area (Å²) in [6.45, 7) is 6.63. The van der Waals surface area contributed by atoms with Gasteiger partial charge in [0, 0.05) is 83.6 Å². The van der Waals surface area contributed by atoms with Crippen molar-refractivity contribution in [3.63, 3.8) is 0 Å². The molecular formula is C65H113N7O21S2. The monoisotopic (exact) mass is 1390 g/mol. The minimum Gasteiger partial charge on any atom is -0.466 e. The van der Waals surface area contributed by atoms with Gasteiger partial charge in [0.1, 0.15) is 48.3 Å². The van der Waals surface area contributed by atoms with Crippen LogP contribution in [0.4, 0.5) is 9.59 Å². The highest BCUT2D eigenvalue weighted by molar-refractivity contribution is 8.77. The van der Waals surface area contributed by atoms with Crippen molar-refractivity contribution in [2.24, 2.45) is 0 Å². The Kier molecular flexibility index (Phi) is 45.4. The van der Waals surface area contributed by atoms with Crippen LogP contribution in [0.25, 0.3) is 0 Å². The van der Waals surface area contributed by atoms with Crippen molar-refractivity contribution in [1.82, 2.24) is 24.9 Å². The molecule has 15 N–H and O–H groups in total. The topological polar surface area (TPSA) is 430 Å². The van der Waals surface area contributed by atoms with Crippen LogP contribution in [0.3, 0.4) is 0 Å². The number of ether oxygens (including phenoxy) is 5. The standard InChI is InChI=1S/C29H47NO6.C18H33N5O9.C18H33NO6S2/c1-2-3-4-5-6-7-8-9-10-11-12-13-14-15-16-17-18-20-27(33)36-22-19-21-30-23-26(32)29(35)28(34)25(30)24-31;1-10(31-17(28)21-13(19)7-14(20)22(2)3)32-18(29)30-6-4-5-23-8-12(25)16(27)15(26)11(23)9-24;1-18(7-10-26-27-18)6-3-2-5-15(22)25-9-4-8-19-11-14(21)17(24)16(23)13(19)12-20/h3-4,6-7,9-10,12-13,15-16,25-26,28-29,31-32,34-35H,2,5,8,11,14,17-24H2,1H3;10-12,15-16,20,24-27H,4-9H2,1-3H3,(H2,19,21,28);13-14,16-17,20-21,23-24H,2-12H2,1H3/b4-3-,7-6-,10-9-,13-12-,16-15-;;/t25?,26?,28-,29-;10?,11?,12?,15-,16-;13?,14?,16-,17-,18-/m111/s1. The number of alkyl carbamates (subject to hydrolysis) is 1. The summed E-state index contributed by atoms with van der Waals surface area (Å²) in [5.74, 6) is 0.629. The van der Waals surface area contributed by atoms with Gasteiger partial charge in [-0.25, -0.2) is 9.59 Å². The van der Waals surface area contributed by atoms with Gasteiger partial charge in [-0.2, -0.15) is 0 Å². The zero-order chi connectivity index (χ0) is 70.7. The summed E-state index contributed by atoms with van der Waals surface area (Å²) in [6.07, 6.45) is 20.0. The molecule has 1 amide bonds. The number of β-amino-alcohol motifs (C(OH)–C–C–N with tert-alkyl or cyclic N) is 3. The molecule has 0 bridgehead atoms. The number of hydrogen-bond acceptors (Lipinski definition) is 28. The Morgan fingerprint density at radius 3 is 1.39 bits per heavy atom. The van der Waals surface area contributed by atoms with Crippen molar-refractivity contribution in [3.05, 3.63) is 60.8 Å². The Labute approximate surface area is 568 Å². The van der Waals surface area contributed by atoms with Crippen LogP contribution in [0.15, 0.2) is 60.8 Å². The summed E-state index contributed by atoms with van der Waals surface area (Å²) in [5.41, 5.74) is 0. The molecule has 4 fully saturated rings. The lowest BCUT2D eigenvalue weighted by atomic mass is 9.94. The first-order valence-corrected chi connectivity index (χ1v) is 35.3. The molecule has 0 spiro atoms. The van der Waals surface area contributed by atoms with E-state index in [1.54, 1.807) is 28.8 Å². The molecule has 546 valence electrons. The highest BCUT2D eigenvalue weighted by Crippen LogP contribution is 2.49. The van der Waals surface area contributed by atoms with Crippen LogP contribution in [0.1, 0.15) is 130 Å². The molecule has 4 aliphatic heterocycles. The first-order valence-electron chi connectivity index (χ1n) is 33.0. The zero-order valence-electron chi connectivity index (χ0n) is 56.1.